The van der Waals surface area contributed by atoms with Gasteiger partial charge in [-0.3, -0.25) is 0 Å². The van der Waals surface area contributed by atoms with Gasteiger partial charge in [-0.25, -0.2) is 0 Å². The van der Waals surface area contributed by atoms with Crippen molar-refractivity contribution < 1.29 is 4.90 Å². The fourth-order valence-corrected chi connectivity index (χ4v) is 2.76. The third-order valence-corrected chi connectivity index (χ3v) is 3.82. The third-order valence-electron chi connectivity index (χ3n) is 3.82. The van der Waals surface area contributed by atoms with E-state index in [4.69, 9.17) is 0 Å². The van der Waals surface area contributed by atoms with Gasteiger partial charge >= 0.3 is 0 Å². The van der Waals surface area contributed by atoms with E-state index >= 15 is 0 Å². The topological polar surface area (TPSA) is 20.2 Å². The van der Waals surface area contributed by atoms with Crippen molar-refractivity contribution in [3.8, 4) is 0 Å². The van der Waals surface area contributed by atoms with Gasteiger partial charge in [0.2, 0.25) is 0 Å². The number of fused-ring (bicyclic) bond motifs is 3. The van der Waals surface area contributed by atoms with Gasteiger partial charge in [-0.15, -0.1) is 0 Å². The summed E-state index contributed by atoms with van der Waals surface area (Å²) in [7, 11) is 0. The van der Waals surface area contributed by atoms with Crippen LogP contribution in [0.4, 0.5) is 0 Å². The summed E-state index contributed by atoms with van der Waals surface area (Å²) in [6.07, 6.45) is 1.19. The van der Waals surface area contributed by atoms with Crippen LogP contribution in [-0.4, -0.2) is 17.6 Å². The van der Waals surface area contributed by atoms with Crippen LogP contribution in [0, 0.1) is 0 Å². The Labute approximate surface area is 96.3 Å². The third kappa shape index (κ3) is 1.45. The summed E-state index contributed by atoms with van der Waals surface area (Å²) < 4.78 is 0. The Morgan fingerprint density at radius 3 is 2.88 bits per heavy atom. The Morgan fingerprint density at radius 1 is 1.25 bits per heavy atom. The second-order valence-electron chi connectivity index (χ2n) is 5.12. The summed E-state index contributed by atoms with van der Waals surface area (Å²) in [6, 6.07) is 9.40. The number of nitrogens with one attached hydrogen (secondary N) is 2. The molecule has 0 saturated carbocycles. The molecule has 1 aliphatic rings. The quantitative estimate of drug-likeness (QED) is 0.719. The molecule has 1 aromatic carbocycles. The lowest BCUT2D eigenvalue weighted by Crippen LogP contribution is -3.14. The maximum atomic E-state index is 3.56. The van der Waals surface area contributed by atoms with Crippen molar-refractivity contribution in [1.82, 2.24) is 4.98 Å². The summed E-state index contributed by atoms with van der Waals surface area (Å²) in [6.45, 7) is 7.07. The molecule has 2 aromatic rings. The number of hydrogen-bond acceptors (Lipinski definition) is 0. The molecular weight excluding hydrogens is 196 g/mol. The zero-order valence-corrected chi connectivity index (χ0v) is 10.0. The van der Waals surface area contributed by atoms with E-state index in [1.807, 2.05) is 0 Å². The van der Waals surface area contributed by atoms with E-state index < -0.39 is 0 Å². The first-order valence-corrected chi connectivity index (χ1v) is 6.18. The minimum Gasteiger partial charge on any atom is -0.358 e. The van der Waals surface area contributed by atoms with Gasteiger partial charge in [0.1, 0.15) is 6.54 Å². The van der Waals surface area contributed by atoms with Gasteiger partial charge < -0.3 is 9.88 Å². The van der Waals surface area contributed by atoms with Crippen LogP contribution in [0.5, 0.6) is 0 Å². The molecule has 0 fully saturated rings. The second kappa shape index (κ2) is 3.63. The predicted molar refractivity (Wildman–Crippen MR) is 66.7 cm³/mol. The van der Waals surface area contributed by atoms with Crippen LogP contribution in [0.2, 0.25) is 0 Å². The van der Waals surface area contributed by atoms with E-state index in [0.29, 0.717) is 0 Å². The van der Waals surface area contributed by atoms with E-state index in [2.05, 4.69) is 43.1 Å². The average molecular weight is 215 g/mol. The molecular formula is C14H19N2+. The molecule has 0 amide bonds. The van der Waals surface area contributed by atoms with Gasteiger partial charge in [-0.05, 0) is 19.9 Å². The van der Waals surface area contributed by atoms with Crippen LogP contribution >= 0.6 is 0 Å². The van der Waals surface area contributed by atoms with Gasteiger partial charge in [0.15, 0.2) is 0 Å². The number of aromatic amines is 1. The maximum Gasteiger partial charge on any atom is 0.105 e. The average Bonchev–Trinajstić information content (AvgIpc) is 2.66. The normalized spacial score (nSPS) is 20.3. The van der Waals surface area contributed by atoms with Gasteiger partial charge in [-0.1, -0.05) is 18.2 Å². The SMILES string of the molecule is CC(C)[NH+]1CCc2[nH]c3ccccc3c2C1. The number of rotatable bonds is 1. The van der Waals surface area contributed by atoms with E-state index in [0.717, 1.165) is 6.04 Å². The smallest absolute Gasteiger partial charge is 0.105 e. The lowest BCUT2D eigenvalue weighted by molar-refractivity contribution is -0.936. The molecule has 1 unspecified atom stereocenters. The number of para-hydroxylation sites is 1. The standard InChI is InChI=1S/C14H18N2/c1-10(2)16-8-7-14-12(9-16)11-5-3-4-6-13(11)15-14/h3-6,10,15H,7-9H2,1-2H3/p+1. The molecule has 0 bridgehead atoms. The molecule has 1 atom stereocenters. The number of hydrogen-bond donors (Lipinski definition) is 2. The van der Waals surface area contributed by atoms with Crippen molar-refractivity contribution in [3.63, 3.8) is 0 Å². The number of H-pyrrole nitrogens is 1. The minimum absolute atomic E-state index is 0.724. The van der Waals surface area contributed by atoms with E-state index in [1.54, 1.807) is 10.5 Å². The van der Waals surface area contributed by atoms with Gasteiger partial charge in [0.05, 0.1) is 12.6 Å². The molecule has 0 radical (unpaired) electrons. The van der Waals surface area contributed by atoms with Crippen molar-refractivity contribution in [1.29, 1.82) is 0 Å². The fraction of sp³-hybridized carbons (Fsp3) is 0.429. The molecule has 1 aromatic heterocycles. The van der Waals surface area contributed by atoms with E-state index in [1.165, 1.54) is 36.1 Å². The van der Waals surface area contributed by atoms with Crippen molar-refractivity contribution in [2.45, 2.75) is 32.9 Å². The first kappa shape index (κ1) is 9.91. The van der Waals surface area contributed by atoms with Crippen LogP contribution in [0.1, 0.15) is 25.1 Å². The van der Waals surface area contributed by atoms with Crippen LogP contribution in [0.15, 0.2) is 24.3 Å². The highest BCUT2D eigenvalue weighted by atomic mass is 15.2. The van der Waals surface area contributed by atoms with Crippen LogP contribution in [0.3, 0.4) is 0 Å². The predicted octanol–water partition coefficient (Wildman–Crippen LogP) is 1.52. The number of quaternary nitrogens is 1. The molecule has 3 rings (SSSR count). The molecule has 1 aliphatic heterocycles. The lowest BCUT2D eigenvalue weighted by Gasteiger charge is -2.27. The van der Waals surface area contributed by atoms with E-state index in [-0.39, 0.29) is 0 Å². The van der Waals surface area contributed by atoms with Crippen molar-refractivity contribution >= 4 is 10.9 Å². The highest BCUT2D eigenvalue weighted by Crippen LogP contribution is 2.23. The molecule has 0 saturated heterocycles. The van der Waals surface area contributed by atoms with Crippen molar-refractivity contribution in [2.24, 2.45) is 0 Å². The fourth-order valence-electron chi connectivity index (χ4n) is 2.76. The second-order valence-corrected chi connectivity index (χ2v) is 5.12. The Balaban J connectivity index is 2.08. The molecule has 2 nitrogen and oxygen atoms in total. The Morgan fingerprint density at radius 2 is 2.06 bits per heavy atom. The zero-order chi connectivity index (χ0) is 11.1. The molecule has 84 valence electrons. The largest absolute Gasteiger partial charge is 0.358 e. The first-order valence-electron chi connectivity index (χ1n) is 6.18. The number of aromatic nitrogens is 1. The van der Waals surface area contributed by atoms with Gasteiger partial charge in [0.25, 0.3) is 0 Å². The molecule has 2 N–H and O–H groups in total. The lowest BCUT2D eigenvalue weighted by atomic mass is 10.0. The molecule has 2 heteroatoms. The Kier molecular flexibility index (Phi) is 2.25. The Hall–Kier alpha value is -1.28. The highest BCUT2D eigenvalue weighted by molar-refractivity contribution is 5.84. The number of benzene rings is 1. The van der Waals surface area contributed by atoms with Crippen molar-refractivity contribution in [2.75, 3.05) is 6.54 Å². The first-order chi connectivity index (χ1) is 7.75. The highest BCUT2D eigenvalue weighted by Gasteiger charge is 2.24. The minimum atomic E-state index is 0.724. The molecule has 0 aliphatic carbocycles. The maximum absolute atomic E-state index is 3.56. The summed E-state index contributed by atoms with van der Waals surface area (Å²) in [4.78, 5) is 5.27. The summed E-state index contributed by atoms with van der Waals surface area (Å²) in [5.74, 6) is 0. The van der Waals surface area contributed by atoms with Gasteiger partial charge in [0, 0.05) is 28.6 Å². The summed E-state index contributed by atoms with van der Waals surface area (Å²) in [5.41, 5.74) is 4.31. The van der Waals surface area contributed by atoms with Gasteiger partial charge in [-0.2, -0.15) is 0 Å². The molecule has 2 heterocycles. The van der Waals surface area contributed by atoms with Crippen molar-refractivity contribution in [3.05, 3.63) is 35.5 Å². The summed E-state index contributed by atoms with van der Waals surface area (Å²) >= 11 is 0. The molecule has 16 heavy (non-hydrogen) atoms. The van der Waals surface area contributed by atoms with Crippen LogP contribution < -0.4 is 4.90 Å². The van der Waals surface area contributed by atoms with Crippen LogP contribution in [0.25, 0.3) is 10.9 Å². The van der Waals surface area contributed by atoms with Crippen LogP contribution in [-0.2, 0) is 13.0 Å². The molecule has 0 spiro atoms. The van der Waals surface area contributed by atoms with E-state index in [9.17, 15) is 0 Å². The Bertz CT molecular complexity index is 510. The zero-order valence-electron chi connectivity index (χ0n) is 10.0. The summed E-state index contributed by atoms with van der Waals surface area (Å²) in [5, 5.41) is 1.43. The monoisotopic (exact) mass is 215 g/mol.